The van der Waals surface area contributed by atoms with E-state index < -0.39 is 0 Å². The Balaban J connectivity index is 1.67. The number of carbonyl (C=O) groups is 1. The molecule has 4 nitrogen and oxygen atoms in total. The van der Waals surface area contributed by atoms with Gasteiger partial charge in [0.1, 0.15) is 6.17 Å². The first kappa shape index (κ1) is 15.0. The molecule has 0 aromatic carbocycles. The number of rotatable bonds is 4. The van der Waals surface area contributed by atoms with Crippen molar-refractivity contribution in [2.45, 2.75) is 45.3 Å². The molecule has 2 aliphatic heterocycles. The minimum atomic E-state index is 0.0726. The lowest BCUT2D eigenvalue weighted by Gasteiger charge is -2.35. The smallest absolute Gasteiger partial charge is 0.238 e. The lowest BCUT2D eigenvalue weighted by Crippen LogP contribution is -2.46. The number of nitrogens with one attached hydrogen (secondary N) is 1. The normalized spacial score (nSPS) is 25.5. The van der Waals surface area contributed by atoms with E-state index in [0.717, 1.165) is 6.54 Å². The van der Waals surface area contributed by atoms with Crippen LogP contribution in [0.1, 0.15) is 42.1 Å². The van der Waals surface area contributed by atoms with Gasteiger partial charge in [-0.2, -0.15) is 0 Å². The molecule has 2 atom stereocenters. The van der Waals surface area contributed by atoms with Crippen LogP contribution in [0.25, 0.3) is 0 Å². The molecule has 21 heavy (non-hydrogen) atoms. The summed E-state index contributed by atoms with van der Waals surface area (Å²) in [6, 6.07) is 4.73. The van der Waals surface area contributed by atoms with Gasteiger partial charge in [-0.25, -0.2) is 0 Å². The zero-order valence-corrected chi connectivity index (χ0v) is 13.8. The molecule has 3 rings (SSSR count). The third-order valence-electron chi connectivity index (χ3n) is 4.58. The quantitative estimate of drug-likeness (QED) is 0.927. The van der Waals surface area contributed by atoms with Gasteiger partial charge >= 0.3 is 0 Å². The first-order valence-electron chi connectivity index (χ1n) is 7.98. The van der Waals surface area contributed by atoms with E-state index in [1.165, 1.54) is 42.1 Å². The van der Waals surface area contributed by atoms with Crippen molar-refractivity contribution in [1.82, 2.24) is 15.1 Å². The van der Waals surface area contributed by atoms with Crippen LogP contribution in [0.3, 0.4) is 0 Å². The number of carbonyl (C=O) groups excluding carboxylic acids is 1. The van der Waals surface area contributed by atoms with Gasteiger partial charge in [0, 0.05) is 22.3 Å². The number of nitrogens with zero attached hydrogens (tertiary/aromatic N) is 2. The molecule has 1 N–H and O–H groups in total. The molecular weight excluding hydrogens is 282 g/mol. The fraction of sp³-hybridized carbons (Fsp3) is 0.688. The molecule has 1 aromatic heterocycles. The van der Waals surface area contributed by atoms with Crippen LogP contribution in [0.15, 0.2) is 12.1 Å². The molecule has 2 fully saturated rings. The zero-order chi connectivity index (χ0) is 14.8. The molecule has 0 radical (unpaired) electrons. The third kappa shape index (κ3) is 3.30. The van der Waals surface area contributed by atoms with E-state index in [1.54, 1.807) is 11.3 Å². The first-order valence-corrected chi connectivity index (χ1v) is 8.80. The van der Waals surface area contributed by atoms with Gasteiger partial charge in [0.15, 0.2) is 0 Å². The molecule has 0 aliphatic carbocycles. The Hall–Kier alpha value is -0.910. The molecule has 5 heteroatoms. The second kappa shape index (κ2) is 6.46. The second-order valence-corrected chi connectivity index (χ2v) is 7.54. The molecule has 0 spiro atoms. The Kier molecular flexibility index (Phi) is 4.62. The molecule has 2 saturated heterocycles. The van der Waals surface area contributed by atoms with Crippen LogP contribution in [0.5, 0.6) is 0 Å². The van der Waals surface area contributed by atoms with Gasteiger partial charge in [0.05, 0.1) is 6.54 Å². The first-order chi connectivity index (χ1) is 10.1. The van der Waals surface area contributed by atoms with Crippen molar-refractivity contribution in [1.29, 1.82) is 0 Å². The average molecular weight is 307 g/mol. The van der Waals surface area contributed by atoms with Gasteiger partial charge in [0.25, 0.3) is 0 Å². The molecular formula is C16H25N3OS. The molecule has 2 unspecified atom stereocenters. The van der Waals surface area contributed by atoms with Gasteiger partial charge in [-0.15, -0.1) is 11.3 Å². The van der Waals surface area contributed by atoms with Crippen LogP contribution in [0.2, 0.25) is 0 Å². The van der Waals surface area contributed by atoms with E-state index in [-0.39, 0.29) is 12.1 Å². The number of hydrogen-bond donors (Lipinski definition) is 1. The standard InChI is InChI=1S/C16H25N3OS/c1-12(18-8-4-3-5-9-18)11-19-15(20)10-17-16(19)14-7-6-13(2)21-14/h6-7,12,16-17H,3-5,8-11H2,1-2H3. The highest BCUT2D eigenvalue weighted by molar-refractivity contribution is 7.12. The van der Waals surface area contributed by atoms with Crippen molar-refractivity contribution in [3.05, 3.63) is 21.9 Å². The maximum Gasteiger partial charge on any atom is 0.238 e. The third-order valence-corrected chi connectivity index (χ3v) is 5.64. The molecule has 2 aliphatic rings. The number of aryl methyl sites for hydroxylation is 1. The maximum absolute atomic E-state index is 12.2. The van der Waals surface area contributed by atoms with E-state index in [0.29, 0.717) is 12.6 Å². The molecule has 0 saturated carbocycles. The summed E-state index contributed by atoms with van der Waals surface area (Å²) < 4.78 is 0. The summed E-state index contributed by atoms with van der Waals surface area (Å²) in [6.45, 7) is 8.03. The lowest BCUT2D eigenvalue weighted by atomic mass is 10.1. The summed E-state index contributed by atoms with van der Waals surface area (Å²) in [5.74, 6) is 0.231. The van der Waals surface area contributed by atoms with Crippen molar-refractivity contribution in [3.63, 3.8) is 0 Å². The second-order valence-electron chi connectivity index (χ2n) is 6.22. The number of likely N-dealkylation sites (tertiary alicyclic amines) is 1. The summed E-state index contributed by atoms with van der Waals surface area (Å²) in [5, 5.41) is 3.36. The van der Waals surface area contributed by atoms with Crippen molar-refractivity contribution in [2.24, 2.45) is 0 Å². The van der Waals surface area contributed by atoms with Gasteiger partial charge in [0.2, 0.25) is 5.91 Å². The SMILES string of the molecule is Cc1ccc(C2NCC(=O)N2CC(C)N2CCCCC2)s1. The predicted octanol–water partition coefficient (Wildman–Crippen LogP) is 2.36. The Morgan fingerprint density at radius 3 is 2.76 bits per heavy atom. The largest absolute Gasteiger partial charge is 0.319 e. The fourth-order valence-corrected chi connectivity index (χ4v) is 4.33. The Bertz CT molecular complexity index is 495. The summed E-state index contributed by atoms with van der Waals surface area (Å²) >= 11 is 1.78. The Labute approximate surface area is 131 Å². The average Bonchev–Trinajstić information content (AvgIpc) is 3.07. The topological polar surface area (TPSA) is 35.6 Å². The van der Waals surface area contributed by atoms with E-state index in [2.05, 4.69) is 36.2 Å². The van der Waals surface area contributed by atoms with Crippen molar-refractivity contribution < 1.29 is 4.79 Å². The minimum Gasteiger partial charge on any atom is -0.319 e. The van der Waals surface area contributed by atoms with E-state index >= 15 is 0 Å². The highest BCUT2D eigenvalue weighted by Crippen LogP contribution is 2.29. The van der Waals surface area contributed by atoms with Gasteiger partial charge in [-0.1, -0.05) is 6.42 Å². The molecule has 116 valence electrons. The maximum atomic E-state index is 12.2. The molecule has 0 bridgehead atoms. The van der Waals surface area contributed by atoms with E-state index in [9.17, 15) is 4.79 Å². The predicted molar refractivity (Wildman–Crippen MR) is 86.4 cm³/mol. The molecule has 3 heterocycles. The van der Waals surface area contributed by atoms with Crippen molar-refractivity contribution in [2.75, 3.05) is 26.2 Å². The van der Waals surface area contributed by atoms with E-state index in [4.69, 9.17) is 0 Å². The van der Waals surface area contributed by atoms with Gasteiger partial charge < -0.3 is 4.90 Å². The zero-order valence-electron chi connectivity index (χ0n) is 13.0. The van der Waals surface area contributed by atoms with Gasteiger partial charge in [-0.05, 0) is 51.9 Å². The molecule has 1 aromatic rings. The fourth-order valence-electron chi connectivity index (χ4n) is 3.36. The van der Waals surface area contributed by atoms with Crippen LogP contribution in [-0.2, 0) is 4.79 Å². The Morgan fingerprint density at radius 2 is 2.10 bits per heavy atom. The van der Waals surface area contributed by atoms with E-state index in [1.807, 2.05) is 4.90 Å². The summed E-state index contributed by atoms with van der Waals surface area (Å²) in [5.41, 5.74) is 0. The number of hydrogen-bond acceptors (Lipinski definition) is 4. The monoisotopic (exact) mass is 307 g/mol. The highest BCUT2D eigenvalue weighted by Gasteiger charge is 2.34. The summed E-state index contributed by atoms with van der Waals surface area (Å²) in [4.78, 5) is 19.4. The van der Waals surface area contributed by atoms with Crippen molar-refractivity contribution >= 4 is 17.2 Å². The minimum absolute atomic E-state index is 0.0726. The summed E-state index contributed by atoms with van der Waals surface area (Å²) in [7, 11) is 0. The number of piperidine rings is 1. The van der Waals surface area contributed by atoms with Gasteiger partial charge in [-0.3, -0.25) is 15.0 Å². The lowest BCUT2D eigenvalue weighted by molar-refractivity contribution is -0.128. The van der Waals surface area contributed by atoms with Crippen LogP contribution in [0, 0.1) is 6.92 Å². The number of thiophene rings is 1. The van der Waals surface area contributed by atoms with Crippen LogP contribution in [0.4, 0.5) is 0 Å². The molecule has 1 amide bonds. The van der Waals surface area contributed by atoms with Crippen LogP contribution < -0.4 is 5.32 Å². The van der Waals surface area contributed by atoms with Crippen molar-refractivity contribution in [3.8, 4) is 0 Å². The number of amides is 1. The van der Waals surface area contributed by atoms with Crippen LogP contribution in [-0.4, -0.2) is 47.9 Å². The highest BCUT2D eigenvalue weighted by atomic mass is 32.1. The van der Waals surface area contributed by atoms with Crippen LogP contribution >= 0.6 is 11.3 Å². The Morgan fingerprint density at radius 1 is 1.33 bits per heavy atom. The summed E-state index contributed by atoms with van der Waals surface area (Å²) in [6.07, 6.45) is 4.02.